The van der Waals surface area contributed by atoms with E-state index in [4.69, 9.17) is 4.74 Å². The van der Waals surface area contributed by atoms with E-state index in [1.54, 1.807) is 4.68 Å². The molecular weight excluding hydrogens is 286 g/mol. The summed E-state index contributed by atoms with van der Waals surface area (Å²) in [7, 11) is 1.83. The Kier molecular flexibility index (Phi) is 4.19. The van der Waals surface area contributed by atoms with Crippen LogP contribution in [0, 0.1) is 0 Å². The van der Waals surface area contributed by atoms with Crippen LogP contribution in [0.5, 0.6) is 0 Å². The molecule has 1 aromatic heterocycles. The van der Waals surface area contributed by atoms with Crippen molar-refractivity contribution in [2.45, 2.75) is 39.3 Å². The van der Waals surface area contributed by atoms with Crippen LogP contribution in [0.3, 0.4) is 0 Å². The topological polar surface area (TPSA) is 56.1 Å². The molecule has 0 bridgehead atoms. The first-order chi connectivity index (χ1) is 7.69. The number of nitrogens with zero attached hydrogens (tertiary/aromatic N) is 2. The van der Waals surface area contributed by atoms with Crippen molar-refractivity contribution < 1.29 is 9.53 Å². The average molecular weight is 304 g/mol. The molecule has 0 fully saturated rings. The van der Waals surface area contributed by atoms with Crippen LogP contribution in [0.4, 0.5) is 4.79 Å². The molecule has 1 N–H and O–H groups in total. The normalized spacial score (nSPS) is 13.3. The molecule has 1 atom stereocenters. The van der Waals surface area contributed by atoms with Gasteiger partial charge in [0.25, 0.3) is 0 Å². The van der Waals surface area contributed by atoms with Crippen LogP contribution in [0.2, 0.25) is 0 Å². The number of hydrogen-bond donors (Lipinski definition) is 1. The van der Waals surface area contributed by atoms with Crippen molar-refractivity contribution in [3.05, 3.63) is 16.4 Å². The van der Waals surface area contributed by atoms with E-state index < -0.39 is 11.7 Å². The zero-order valence-corrected chi connectivity index (χ0v) is 12.3. The van der Waals surface area contributed by atoms with Crippen LogP contribution >= 0.6 is 15.9 Å². The van der Waals surface area contributed by atoms with Gasteiger partial charge in [0.05, 0.1) is 16.2 Å². The van der Waals surface area contributed by atoms with Crippen molar-refractivity contribution in [1.82, 2.24) is 15.1 Å². The van der Waals surface area contributed by atoms with Gasteiger partial charge in [-0.3, -0.25) is 4.68 Å². The molecule has 1 rings (SSSR count). The summed E-state index contributed by atoms with van der Waals surface area (Å²) in [5.74, 6) is 0. The first kappa shape index (κ1) is 14.0. The van der Waals surface area contributed by atoms with Gasteiger partial charge in [0.1, 0.15) is 5.60 Å². The Morgan fingerprint density at radius 1 is 1.59 bits per heavy atom. The minimum absolute atomic E-state index is 0.208. The Labute approximate surface area is 110 Å². The fourth-order valence-electron chi connectivity index (χ4n) is 1.32. The third-order valence-corrected chi connectivity index (χ3v) is 2.56. The fraction of sp³-hybridized carbons (Fsp3) is 0.636. The summed E-state index contributed by atoms with van der Waals surface area (Å²) in [5.41, 5.74) is 0.281. The molecule has 0 aliphatic heterocycles. The molecule has 0 aliphatic rings. The summed E-state index contributed by atoms with van der Waals surface area (Å²) in [6.45, 7) is 7.34. The number of ether oxygens (including phenoxy) is 1. The number of amides is 1. The van der Waals surface area contributed by atoms with Crippen LogP contribution in [-0.2, 0) is 11.8 Å². The van der Waals surface area contributed by atoms with Crippen LogP contribution in [0.1, 0.15) is 39.4 Å². The van der Waals surface area contributed by atoms with Crippen LogP contribution in [0.25, 0.3) is 0 Å². The number of aromatic nitrogens is 2. The Morgan fingerprint density at radius 2 is 2.18 bits per heavy atom. The minimum atomic E-state index is -0.495. The van der Waals surface area contributed by atoms with Crippen LogP contribution in [0.15, 0.2) is 10.7 Å². The number of halogens is 1. The molecule has 6 heteroatoms. The molecule has 0 saturated heterocycles. The molecule has 0 radical (unpaired) electrons. The highest BCUT2D eigenvalue weighted by atomic mass is 79.9. The molecule has 1 amide bonds. The highest BCUT2D eigenvalue weighted by molar-refractivity contribution is 9.10. The van der Waals surface area contributed by atoms with E-state index in [-0.39, 0.29) is 6.04 Å². The molecule has 17 heavy (non-hydrogen) atoms. The van der Waals surface area contributed by atoms with Crippen molar-refractivity contribution in [2.24, 2.45) is 7.05 Å². The van der Waals surface area contributed by atoms with Crippen molar-refractivity contribution in [3.63, 3.8) is 0 Å². The SMILES string of the molecule is C[C@H](NC(=O)OC(C)(C)C)c1nn(C)cc1Br. The van der Waals surface area contributed by atoms with Gasteiger partial charge in [0.2, 0.25) is 0 Å². The molecular formula is C11H18BrN3O2. The van der Waals surface area contributed by atoms with E-state index in [1.165, 1.54) is 0 Å². The molecule has 0 aliphatic carbocycles. The summed E-state index contributed by atoms with van der Waals surface area (Å²) in [6, 6.07) is -0.208. The number of alkyl carbamates (subject to hydrolysis) is 1. The van der Waals surface area contributed by atoms with Gasteiger partial charge in [0, 0.05) is 13.2 Å². The summed E-state index contributed by atoms with van der Waals surface area (Å²) in [6.07, 6.45) is 1.39. The van der Waals surface area contributed by atoms with Crippen molar-refractivity contribution in [2.75, 3.05) is 0 Å². The average Bonchev–Trinajstić information content (AvgIpc) is 2.41. The molecule has 0 aromatic carbocycles. The summed E-state index contributed by atoms with van der Waals surface area (Å²) in [5, 5.41) is 7.00. The minimum Gasteiger partial charge on any atom is -0.444 e. The number of nitrogens with one attached hydrogen (secondary N) is 1. The Morgan fingerprint density at radius 3 is 2.59 bits per heavy atom. The lowest BCUT2D eigenvalue weighted by atomic mass is 10.2. The zero-order chi connectivity index (χ0) is 13.2. The van der Waals surface area contributed by atoms with E-state index in [0.717, 1.165) is 10.2 Å². The predicted molar refractivity (Wildman–Crippen MR) is 68.7 cm³/mol. The highest BCUT2D eigenvalue weighted by Crippen LogP contribution is 2.21. The molecule has 96 valence electrons. The first-order valence-electron chi connectivity index (χ1n) is 5.37. The van der Waals surface area contributed by atoms with E-state index in [2.05, 4.69) is 26.3 Å². The molecule has 1 aromatic rings. The molecule has 0 saturated carbocycles. The highest BCUT2D eigenvalue weighted by Gasteiger charge is 2.20. The van der Waals surface area contributed by atoms with Crippen molar-refractivity contribution in [3.8, 4) is 0 Å². The van der Waals surface area contributed by atoms with Gasteiger partial charge in [0.15, 0.2) is 0 Å². The van der Waals surface area contributed by atoms with Crippen molar-refractivity contribution >= 4 is 22.0 Å². The van der Waals surface area contributed by atoms with Gasteiger partial charge in [-0.15, -0.1) is 0 Å². The Balaban J connectivity index is 2.64. The largest absolute Gasteiger partial charge is 0.444 e. The standard InChI is InChI=1S/C11H18BrN3O2/c1-7(9-8(12)6-15(5)14-9)13-10(16)17-11(2,3)4/h6-7H,1-5H3,(H,13,16)/t7-/m0/s1. The quantitative estimate of drug-likeness (QED) is 0.914. The maximum Gasteiger partial charge on any atom is 0.408 e. The van der Waals surface area contributed by atoms with E-state index in [0.29, 0.717) is 0 Å². The van der Waals surface area contributed by atoms with Gasteiger partial charge in [-0.1, -0.05) is 0 Å². The second-order valence-corrected chi connectivity index (χ2v) is 5.76. The number of aryl methyl sites for hydroxylation is 1. The van der Waals surface area contributed by atoms with E-state index in [9.17, 15) is 4.79 Å². The maximum atomic E-state index is 11.6. The summed E-state index contributed by atoms with van der Waals surface area (Å²) in [4.78, 5) is 11.6. The Hall–Kier alpha value is -1.04. The van der Waals surface area contributed by atoms with Gasteiger partial charge in [-0.05, 0) is 43.6 Å². The van der Waals surface area contributed by atoms with E-state index >= 15 is 0 Å². The second-order valence-electron chi connectivity index (χ2n) is 4.90. The lowest BCUT2D eigenvalue weighted by molar-refractivity contribution is 0.0506. The van der Waals surface area contributed by atoms with Crippen molar-refractivity contribution in [1.29, 1.82) is 0 Å². The molecule has 5 nitrogen and oxygen atoms in total. The fourth-order valence-corrected chi connectivity index (χ4v) is 2.04. The van der Waals surface area contributed by atoms with Gasteiger partial charge < -0.3 is 10.1 Å². The first-order valence-corrected chi connectivity index (χ1v) is 6.17. The smallest absolute Gasteiger partial charge is 0.408 e. The molecule has 0 spiro atoms. The predicted octanol–water partition coefficient (Wildman–Crippen LogP) is 2.77. The lowest BCUT2D eigenvalue weighted by Crippen LogP contribution is -2.34. The number of carbonyl (C=O) groups is 1. The van der Waals surface area contributed by atoms with Crippen LogP contribution < -0.4 is 5.32 Å². The summed E-state index contributed by atoms with van der Waals surface area (Å²) < 4.78 is 7.73. The van der Waals surface area contributed by atoms with E-state index in [1.807, 2.05) is 40.9 Å². The zero-order valence-electron chi connectivity index (χ0n) is 10.7. The number of carbonyl (C=O) groups excluding carboxylic acids is 1. The van der Waals surface area contributed by atoms with Gasteiger partial charge in [-0.25, -0.2) is 4.79 Å². The van der Waals surface area contributed by atoms with Gasteiger partial charge >= 0.3 is 6.09 Å². The summed E-state index contributed by atoms with van der Waals surface area (Å²) >= 11 is 3.39. The number of rotatable bonds is 2. The van der Waals surface area contributed by atoms with Crippen LogP contribution in [-0.4, -0.2) is 21.5 Å². The molecule has 0 unspecified atom stereocenters. The maximum absolute atomic E-state index is 11.6. The third-order valence-electron chi connectivity index (χ3n) is 1.95. The monoisotopic (exact) mass is 303 g/mol. The van der Waals surface area contributed by atoms with Gasteiger partial charge in [-0.2, -0.15) is 5.10 Å². The number of hydrogen-bond acceptors (Lipinski definition) is 3. The Bertz CT molecular complexity index is 409. The molecule has 1 heterocycles. The lowest BCUT2D eigenvalue weighted by Gasteiger charge is -2.21. The second kappa shape index (κ2) is 5.08. The third kappa shape index (κ3) is 4.38.